The molecular weight excluding hydrogens is 708 g/mol. The fourth-order valence-electron chi connectivity index (χ4n) is 7.63. The first-order valence-electron chi connectivity index (χ1n) is 16.5. The number of ketones is 5. The van der Waals surface area contributed by atoms with Gasteiger partial charge in [0.05, 0.1) is 33.4 Å². The van der Waals surface area contributed by atoms with Crippen LogP contribution in [0.15, 0.2) is 70.8 Å². The van der Waals surface area contributed by atoms with Gasteiger partial charge in [-0.25, -0.2) is 0 Å². The fourth-order valence-corrected chi connectivity index (χ4v) is 7.63. The first kappa shape index (κ1) is 34.7. The van der Waals surface area contributed by atoms with Crippen LogP contribution in [0.3, 0.4) is 0 Å². The minimum Gasteiger partial charge on any atom is -0.506 e. The summed E-state index contributed by atoms with van der Waals surface area (Å²) in [5, 5.41) is 45.0. The molecular formula is C39H26O15. The molecule has 4 N–H and O–H groups in total. The van der Waals surface area contributed by atoms with E-state index in [2.05, 4.69) is 0 Å². The van der Waals surface area contributed by atoms with Gasteiger partial charge in [0.1, 0.15) is 23.7 Å². The lowest BCUT2D eigenvalue weighted by Crippen LogP contribution is -2.48. The van der Waals surface area contributed by atoms with E-state index < -0.39 is 123 Å². The van der Waals surface area contributed by atoms with E-state index in [0.717, 1.165) is 13.8 Å². The van der Waals surface area contributed by atoms with Crippen molar-refractivity contribution in [1.29, 1.82) is 0 Å². The Hall–Kier alpha value is -6.39. The highest BCUT2D eigenvalue weighted by molar-refractivity contribution is 6.33. The summed E-state index contributed by atoms with van der Waals surface area (Å²) in [7, 11) is 0. The zero-order valence-corrected chi connectivity index (χ0v) is 28.1. The Morgan fingerprint density at radius 3 is 1.28 bits per heavy atom. The average molecular weight is 735 g/mol. The van der Waals surface area contributed by atoms with Crippen molar-refractivity contribution in [1.82, 2.24) is 0 Å². The van der Waals surface area contributed by atoms with Crippen molar-refractivity contribution in [3.05, 3.63) is 93.1 Å². The summed E-state index contributed by atoms with van der Waals surface area (Å²) < 4.78 is 21.7. The second-order valence-corrected chi connectivity index (χ2v) is 13.0. The van der Waals surface area contributed by atoms with Gasteiger partial charge in [0.15, 0.2) is 53.0 Å². The van der Waals surface area contributed by atoms with Crippen molar-refractivity contribution in [3.8, 4) is 23.0 Å². The number of aromatic hydroxyl groups is 2. The monoisotopic (exact) mass is 734 g/mol. The lowest BCUT2D eigenvalue weighted by Gasteiger charge is -2.37. The van der Waals surface area contributed by atoms with Crippen molar-refractivity contribution >= 4 is 62.4 Å². The molecule has 0 radical (unpaired) electrons. The van der Waals surface area contributed by atoms with E-state index in [-0.39, 0.29) is 44.2 Å². The molecule has 4 aromatic carbocycles. The summed E-state index contributed by atoms with van der Waals surface area (Å²) in [5.41, 5.74) is -3.86. The van der Waals surface area contributed by atoms with Gasteiger partial charge in [0.2, 0.25) is 0 Å². The van der Waals surface area contributed by atoms with E-state index in [1.807, 2.05) is 0 Å². The SMILES string of the molecule is CC(=O)Oc1c2c(c(O)c3ccccc13)C(=O)C1=C(C2=O)C(O)OC(C(=O)C2CC3=C(C(=O)c4c(c(O)c5ccccc5c4OC(C)=O)C3=O)C(O)O2)C1. The predicted molar refractivity (Wildman–Crippen MR) is 181 cm³/mol. The summed E-state index contributed by atoms with van der Waals surface area (Å²) in [6.07, 6.45) is -9.02. The number of benzene rings is 4. The number of carbonyl (C=O) groups excluding carboxylic acids is 7. The normalized spacial score (nSPS) is 22.1. The standard InChI is InChI=1S/C39H26O15/c1-13(40)51-36-17-9-5-3-7-15(17)29(42)25-27(36)34(47)23-19(31(25)44)11-21(53-38(23)49)33(46)22-12-20-24(39(50)54-22)35(48)28-26(32(20)45)30(43)16-8-4-6-10-18(16)37(28)52-14(2)41/h3-10,21-22,38-39,42-43,49-50H,11-12H2,1-2H3. The van der Waals surface area contributed by atoms with Gasteiger partial charge in [-0.05, 0) is 0 Å². The van der Waals surface area contributed by atoms with E-state index in [4.69, 9.17) is 18.9 Å². The Morgan fingerprint density at radius 1 is 0.574 bits per heavy atom. The lowest BCUT2D eigenvalue weighted by atomic mass is 9.76. The van der Waals surface area contributed by atoms with Crippen LogP contribution in [0.1, 0.15) is 68.1 Å². The Bertz CT molecular complexity index is 2400. The molecule has 2 aliphatic carbocycles. The number of aliphatic hydroxyl groups excluding tert-OH is 2. The van der Waals surface area contributed by atoms with Crippen LogP contribution in [-0.4, -0.2) is 86.1 Å². The predicted octanol–water partition coefficient (Wildman–Crippen LogP) is 3.09. The van der Waals surface area contributed by atoms with Crippen molar-refractivity contribution in [2.24, 2.45) is 0 Å². The highest BCUT2D eigenvalue weighted by Crippen LogP contribution is 2.49. The number of phenols is 2. The van der Waals surface area contributed by atoms with E-state index in [1.165, 1.54) is 24.3 Å². The second-order valence-electron chi connectivity index (χ2n) is 13.0. The molecule has 2 heterocycles. The van der Waals surface area contributed by atoms with Crippen LogP contribution in [0.2, 0.25) is 0 Å². The summed E-state index contributed by atoms with van der Waals surface area (Å²) in [6, 6.07) is 12.0. The molecule has 8 rings (SSSR count). The number of esters is 2. The minimum absolute atomic E-state index is 0.0823. The van der Waals surface area contributed by atoms with Crippen LogP contribution in [0.5, 0.6) is 23.0 Å². The summed E-state index contributed by atoms with van der Waals surface area (Å²) >= 11 is 0. The van der Waals surface area contributed by atoms with Gasteiger partial charge in [0, 0.05) is 59.4 Å². The lowest BCUT2D eigenvalue weighted by molar-refractivity contribution is -0.175. The van der Waals surface area contributed by atoms with Crippen LogP contribution in [0.4, 0.5) is 0 Å². The molecule has 4 aromatic rings. The van der Waals surface area contributed by atoms with Crippen molar-refractivity contribution in [2.75, 3.05) is 0 Å². The first-order chi connectivity index (χ1) is 25.7. The van der Waals surface area contributed by atoms with Gasteiger partial charge < -0.3 is 39.4 Å². The van der Waals surface area contributed by atoms with E-state index in [9.17, 15) is 54.0 Å². The second kappa shape index (κ2) is 12.3. The van der Waals surface area contributed by atoms with Gasteiger partial charge in [-0.2, -0.15) is 0 Å². The smallest absolute Gasteiger partial charge is 0.308 e. The quantitative estimate of drug-likeness (QED) is 0.174. The molecule has 0 aromatic heterocycles. The summed E-state index contributed by atoms with van der Waals surface area (Å²) in [6.45, 7) is 2.15. The number of ether oxygens (including phenoxy) is 4. The zero-order chi connectivity index (χ0) is 38.5. The van der Waals surface area contributed by atoms with Crippen LogP contribution < -0.4 is 9.47 Å². The summed E-state index contributed by atoms with van der Waals surface area (Å²) in [4.78, 5) is 94.0. The first-order valence-corrected chi connectivity index (χ1v) is 16.5. The number of fused-ring (bicyclic) bond motifs is 4. The van der Waals surface area contributed by atoms with E-state index in [0.29, 0.717) is 0 Å². The largest absolute Gasteiger partial charge is 0.506 e. The average Bonchev–Trinajstić information content (AvgIpc) is 3.13. The molecule has 15 heteroatoms. The molecule has 15 nitrogen and oxygen atoms in total. The molecule has 0 saturated carbocycles. The Balaban J connectivity index is 1.15. The molecule has 0 amide bonds. The molecule has 0 bridgehead atoms. The number of rotatable bonds is 4. The number of Topliss-reactive ketones (excluding diaryl/α,β-unsaturated/α-hetero) is 5. The third kappa shape index (κ3) is 4.94. The van der Waals surface area contributed by atoms with E-state index in [1.54, 1.807) is 24.3 Å². The third-order valence-electron chi connectivity index (χ3n) is 9.86. The minimum atomic E-state index is -2.18. The number of carbonyl (C=O) groups is 7. The number of hydrogen-bond acceptors (Lipinski definition) is 15. The number of phenolic OH excluding ortho intramolecular Hbond substituents is 2. The molecule has 4 aliphatic rings. The topological polar surface area (TPSA) is 237 Å². The molecule has 272 valence electrons. The molecule has 2 aliphatic heterocycles. The van der Waals surface area contributed by atoms with Crippen molar-refractivity contribution < 1.29 is 72.9 Å². The molecule has 4 atom stereocenters. The van der Waals surface area contributed by atoms with Crippen LogP contribution in [0, 0.1) is 0 Å². The van der Waals surface area contributed by atoms with Gasteiger partial charge in [-0.15, -0.1) is 0 Å². The third-order valence-corrected chi connectivity index (χ3v) is 9.86. The molecule has 54 heavy (non-hydrogen) atoms. The maximum atomic E-state index is 14.0. The van der Waals surface area contributed by atoms with Crippen LogP contribution >= 0.6 is 0 Å². The number of aliphatic hydroxyl groups is 2. The zero-order valence-electron chi connectivity index (χ0n) is 28.1. The van der Waals surface area contributed by atoms with E-state index >= 15 is 0 Å². The Labute approximate surface area is 302 Å². The molecule has 4 unspecified atom stereocenters. The summed E-state index contributed by atoms with van der Waals surface area (Å²) in [5.74, 6) is -8.40. The molecule has 0 spiro atoms. The van der Waals surface area contributed by atoms with Crippen LogP contribution in [-0.2, 0) is 23.9 Å². The highest BCUT2D eigenvalue weighted by atomic mass is 16.6. The van der Waals surface area contributed by atoms with Crippen molar-refractivity contribution in [2.45, 2.75) is 51.5 Å². The van der Waals surface area contributed by atoms with Gasteiger partial charge in [-0.1, -0.05) is 48.5 Å². The Kier molecular flexibility index (Phi) is 7.93. The maximum Gasteiger partial charge on any atom is 0.308 e. The van der Waals surface area contributed by atoms with Gasteiger partial charge in [0.25, 0.3) is 0 Å². The molecule has 0 fully saturated rings. The highest BCUT2D eigenvalue weighted by Gasteiger charge is 2.50. The Morgan fingerprint density at radius 2 is 0.926 bits per heavy atom. The van der Waals surface area contributed by atoms with Crippen LogP contribution in [0.25, 0.3) is 21.5 Å². The van der Waals surface area contributed by atoms with Crippen molar-refractivity contribution in [3.63, 3.8) is 0 Å². The van der Waals surface area contributed by atoms with Gasteiger partial charge in [-0.3, -0.25) is 33.6 Å². The maximum absolute atomic E-state index is 14.0. The number of hydrogen-bond donors (Lipinski definition) is 4. The molecule has 0 saturated heterocycles. The van der Waals surface area contributed by atoms with Gasteiger partial charge >= 0.3 is 11.9 Å². The fraction of sp³-hybridized carbons (Fsp3) is 0.205.